The molecule has 114 valence electrons. The van der Waals surface area contributed by atoms with Gasteiger partial charge in [0, 0.05) is 24.3 Å². The third kappa shape index (κ3) is 4.63. The van der Waals surface area contributed by atoms with E-state index in [-0.39, 0.29) is 11.9 Å². The summed E-state index contributed by atoms with van der Waals surface area (Å²) in [4.78, 5) is 23.2. The average molecular weight is 298 g/mol. The Balaban J connectivity index is 1.81. The van der Waals surface area contributed by atoms with Crippen LogP contribution in [0.15, 0.2) is 54.6 Å². The van der Waals surface area contributed by atoms with Crippen LogP contribution in [-0.4, -0.2) is 25.5 Å². The van der Waals surface area contributed by atoms with Crippen molar-refractivity contribution in [1.82, 2.24) is 0 Å². The lowest BCUT2D eigenvalue weighted by atomic mass is 10.2. The standard InChI is InChI=1S/C17H18N2O3/c1-22-17(21)13-6-5-9-15(12-13)18-11-10-16(20)19-14-7-3-2-4-8-14/h2-9,12,18H,10-11H2,1H3,(H,19,20). The number of ether oxygens (including phenoxy) is 1. The van der Waals surface area contributed by atoms with Gasteiger partial charge in [0.2, 0.25) is 5.91 Å². The van der Waals surface area contributed by atoms with Gasteiger partial charge < -0.3 is 15.4 Å². The van der Waals surface area contributed by atoms with Gasteiger partial charge in [-0.25, -0.2) is 4.79 Å². The van der Waals surface area contributed by atoms with E-state index in [1.54, 1.807) is 18.2 Å². The van der Waals surface area contributed by atoms with E-state index in [0.717, 1.165) is 11.4 Å². The fourth-order valence-electron chi connectivity index (χ4n) is 1.94. The number of para-hydroxylation sites is 1. The summed E-state index contributed by atoms with van der Waals surface area (Å²) in [6.07, 6.45) is 0.331. The molecule has 0 fully saturated rings. The van der Waals surface area contributed by atoms with Gasteiger partial charge in [-0.1, -0.05) is 24.3 Å². The first-order valence-electron chi connectivity index (χ1n) is 6.96. The van der Waals surface area contributed by atoms with Crippen molar-refractivity contribution < 1.29 is 14.3 Å². The molecule has 2 N–H and O–H groups in total. The number of methoxy groups -OCH3 is 1. The molecule has 0 heterocycles. The van der Waals surface area contributed by atoms with Crippen LogP contribution in [0.1, 0.15) is 16.8 Å². The van der Waals surface area contributed by atoms with E-state index in [4.69, 9.17) is 0 Å². The van der Waals surface area contributed by atoms with E-state index in [9.17, 15) is 9.59 Å². The molecule has 2 aromatic carbocycles. The third-order valence-corrected chi connectivity index (χ3v) is 3.02. The summed E-state index contributed by atoms with van der Waals surface area (Å²) in [5.41, 5.74) is 2.02. The zero-order valence-electron chi connectivity index (χ0n) is 12.3. The number of carbonyl (C=O) groups excluding carboxylic acids is 2. The second kappa shape index (κ2) is 7.83. The summed E-state index contributed by atoms with van der Waals surface area (Å²) in [6.45, 7) is 0.475. The highest BCUT2D eigenvalue weighted by Crippen LogP contribution is 2.12. The first-order chi connectivity index (χ1) is 10.7. The molecule has 0 atom stereocenters. The zero-order chi connectivity index (χ0) is 15.8. The van der Waals surface area contributed by atoms with Gasteiger partial charge in [0.25, 0.3) is 0 Å². The van der Waals surface area contributed by atoms with Gasteiger partial charge >= 0.3 is 5.97 Å². The minimum atomic E-state index is -0.384. The van der Waals surface area contributed by atoms with Crippen molar-refractivity contribution in [2.24, 2.45) is 0 Å². The van der Waals surface area contributed by atoms with Crippen molar-refractivity contribution in [3.63, 3.8) is 0 Å². The maximum atomic E-state index is 11.8. The highest BCUT2D eigenvalue weighted by Gasteiger charge is 2.06. The minimum Gasteiger partial charge on any atom is -0.465 e. The predicted octanol–water partition coefficient (Wildman–Crippen LogP) is 2.91. The van der Waals surface area contributed by atoms with Gasteiger partial charge in [-0.15, -0.1) is 0 Å². The maximum absolute atomic E-state index is 11.8. The highest BCUT2D eigenvalue weighted by molar-refractivity contribution is 5.91. The number of hydrogen-bond acceptors (Lipinski definition) is 4. The fourth-order valence-corrected chi connectivity index (χ4v) is 1.94. The van der Waals surface area contributed by atoms with E-state index in [0.29, 0.717) is 18.5 Å². The molecule has 0 aromatic heterocycles. The fraction of sp³-hybridized carbons (Fsp3) is 0.176. The van der Waals surface area contributed by atoms with Crippen molar-refractivity contribution in [1.29, 1.82) is 0 Å². The molecule has 0 saturated carbocycles. The summed E-state index contributed by atoms with van der Waals surface area (Å²) < 4.78 is 4.67. The van der Waals surface area contributed by atoms with Crippen molar-refractivity contribution in [3.8, 4) is 0 Å². The Labute approximate surface area is 129 Å². The molecule has 0 unspecified atom stereocenters. The first-order valence-corrected chi connectivity index (χ1v) is 6.96. The molecule has 0 aliphatic rings. The molecule has 0 saturated heterocycles. The monoisotopic (exact) mass is 298 g/mol. The van der Waals surface area contributed by atoms with Gasteiger partial charge in [0.1, 0.15) is 0 Å². The molecule has 22 heavy (non-hydrogen) atoms. The first kappa shape index (κ1) is 15.6. The largest absolute Gasteiger partial charge is 0.465 e. The maximum Gasteiger partial charge on any atom is 0.337 e. The second-order valence-corrected chi connectivity index (χ2v) is 4.66. The Kier molecular flexibility index (Phi) is 5.54. The SMILES string of the molecule is COC(=O)c1cccc(NCCC(=O)Nc2ccccc2)c1. The van der Waals surface area contributed by atoms with Gasteiger partial charge in [0.15, 0.2) is 0 Å². The predicted molar refractivity (Wildman–Crippen MR) is 86.0 cm³/mol. The number of amides is 1. The van der Waals surface area contributed by atoms with Gasteiger partial charge in [0.05, 0.1) is 12.7 Å². The number of rotatable bonds is 6. The summed E-state index contributed by atoms with van der Waals surface area (Å²) in [5, 5.41) is 5.93. The number of hydrogen-bond donors (Lipinski definition) is 2. The van der Waals surface area contributed by atoms with Gasteiger partial charge in [-0.2, -0.15) is 0 Å². The lowest BCUT2D eigenvalue weighted by Gasteiger charge is -2.08. The second-order valence-electron chi connectivity index (χ2n) is 4.66. The van der Waals surface area contributed by atoms with Crippen LogP contribution in [0.25, 0.3) is 0 Å². The molecule has 0 spiro atoms. The van der Waals surface area contributed by atoms with Crippen LogP contribution in [0.2, 0.25) is 0 Å². The highest BCUT2D eigenvalue weighted by atomic mass is 16.5. The summed E-state index contributed by atoms with van der Waals surface area (Å²) in [6, 6.07) is 16.3. The molecule has 0 aliphatic heterocycles. The van der Waals surface area contributed by atoms with E-state index >= 15 is 0 Å². The topological polar surface area (TPSA) is 67.4 Å². The Hall–Kier alpha value is -2.82. The molecular weight excluding hydrogens is 280 g/mol. The summed E-state index contributed by atoms with van der Waals surface area (Å²) in [7, 11) is 1.34. The lowest BCUT2D eigenvalue weighted by Crippen LogP contribution is -2.16. The zero-order valence-corrected chi connectivity index (χ0v) is 12.3. The van der Waals surface area contributed by atoms with Crippen LogP contribution in [-0.2, 0) is 9.53 Å². The lowest BCUT2D eigenvalue weighted by molar-refractivity contribution is -0.115. The number of nitrogens with one attached hydrogen (secondary N) is 2. The Bertz CT molecular complexity index is 641. The van der Waals surface area contributed by atoms with E-state index in [2.05, 4.69) is 15.4 Å². The Morgan fingerprint density at radius 3 is 2.45 bits per heavy atom. The Morgan fingerprint density at radius 1 is 1.00 bits per heavy atom. The van der Waals surface area contributed by atoms with E-state index in [1.165, 1.54) is 7.11 Å². The van der Waals surface area contributed by atoms with Crippen LogP contribution in [0.5, 0.6) is 0 Å². The molecule has 0 radical (unpaired) electrons. The van der Waals surface area contributed by atoms with Crippen LogP contribution in [0.3, 0.4) is 0 Å². The Morgan fingerprint density at radius 2 is 1.73 bits per heavy atom. The normalized spacial score (nSPS) is 9.86. The molecule has 0 aliphatic carbocycles. The number of benzene rings is 2. The van der Waals surface area contributed by atoms with Gasteiger partial charge in [-0.3, -0.25) is 4.79 Å². The number of esters is 1. The van der Waals surface area contributed by atoms with Crippen LogP contribution >= 0.6 is 0 Å². The molecule has 5 heteroatoms. The van der Waals surface area contributed by atoms with Crippen molar-refractivity contribution >= 4 is 23.3 Å². The molecule has 1 amide bonds. The van der Waals surface area contributed by atoms with Crippen molar-refractivity contribution in [2.75, 3.05) is 24.3 Å². The minimum absolute atomic E-state index is 0.0668. The smallest absolute Gasteiger partial charge is 0.337 e. The summed E-state index contributed by atoms with van der Waals surface area (Å²) >= 11 is 0. The van der Waals surface area contributed by atoms with E-state index < -0.39 is 0 Å². The molecule has 0 bridgehead atoms. The van der Waals surface area contributed by atoms with Crippen LogP contribution in [0, 0.1) is 0 Å². The third-order valence-electron chi connectivity index (χ3n) is 3.02. The van der Waals surface area contributed by atoms with Crippen LogP contribution in [0.4, 0.5) is 11.4 Å². The van der Waals surface area contributed by atoms with Gasteiger partial charge in [-0.05, 0) is 30.3 Å². The average Bonchev–Trinajstić information content (AvgIpc) is 2.55. The van der Waals surface area contributed by atoms with Crippen molar-refractivity contribution in [2.45, 2.75) is 6.42 Å². The molecule has 2 aromatic rings. The van der Waals surface area contributed by atoms with Crippen molar-refractivity contribution in [3.05, 3.63) is 60.2 Å². The number of carbonyl (C=O) groups is 2. The molecular formula is C17H18N2O3. The van der Waals surface area contributed by atoms with Crippen LogP contribution < -0.4 is 10.6 Å². The molecule has 5 nitrogen and oxygen atoms in total. The molecule has 2 rings (SSSR count). The summed E-state index contributed by atoms with van der Waals surface area (Å²) in [5.74, 6) is -0.451. The number of anilines is 2. The quantitative estimate of drug-likeness (QED) is 0.805. The van der Waals surface area contributed by atoms with E-state index in [1.807, 2.05) is 36.4 Å².